The molecule has 27 heavy (non-hydrogen) atoms. The van der Waals surface area contributed by atoms with E-state index in [1.165, 1.54) is 29.8 Å². The van der Waals surface area contributed by atoms with Crippen LogP contribution in [0.3, 0.4) is 0 Å². The molecule has 0 bridgehead atoms. The number of benzene rings is 1. The molecule has 3 aromatic rings. The molecule has 1 unspecified atom stereocenters. The van der Waals surface area contributed by atoms with Crippen molar-refractivity contribution in [1.29, 1.82) is 0 Å². The zero-order valence-corrected chi connectivity index (χ0v) is 16.4. The number of hydrogen-bond acceptors (Lipinski definition) is 7. The Kier molecular flexibility index (Phi) is 6.20. The SMILES string of the molecule is COC(=O)CC(NC(=O)c1csc(-c2ccc(OC)cc2)n1)c1cccs1. The van der Waals surface area contributed by atoms with Gasteiger partial charge in [-0.1, -0.05) is 6.07 Å². The van der Waals surface area contributed by atoms with Crippen LogP contribution in [0.1, 0.15) is 27.8 Å². The van der Waals surface area contributed by atoms with Crippen molar-refractivity contribution in [1.82, 2.24) is 10.3 Å². The number of rotatable bonds is 7. The van der Waals surface area contributed by atoms with E-state index < -0.39 is 6.04 Å². The van der Waals surface area contributed by atoms with Crippen LogP contribution in [0.25, 0.3) is 10.6 Å². The third kappa shape index (κ3) is 4.72. The zero-order chi connectivity index (χ0) is 19.2. The van der Waals surface area contributed by atoms with Gasteiger partial charge < -0.3 is 14.8 Å². The fourth-order valence-corrected chi connectivity index (χ4v) is 4.02. The lowest BCUT2D eigenvalue weighted by atomic mass is 10.1. The Morgan fingerprint density at radius 3 is 2.56 bits per heavy atom. The molecular weight excluding hydrogens is 384 g/mol. The molecule has 1 aromatic carbocycles. The Bertz CT molecular complexity index is 904. The standard InChI is InChI=1S/C19H18N2O4S2/c1-24-13-7-5-12(6-8-13)19-21-15(11-27-19)18(23)20-14(10-17(22)25-2)16-4-3-9-26-16/h3-9,11,14H,10H2,1-2H3,(H,20,23). The predicted octanol–water partition coefficient (Wildman–Crippen LogP) is 3.91. The number of aromatic nitrogens is 1. The fourth-order valence-electron chi connectivity index (χ4n) is 2.44. The van der Waals surface area contributed by atoms with Crippen molar-refractivity contribution in [3.63, 3.8) is 0 Å². The van der Waals surface area contributed by atoms with Gasteiger partial charge in [-0.15, -0.1) is 22.7 Å². The lowest BCUT2D eigenvalue weighted by Crippen LogP contribution is -2.30. The van der Waals surface area contributed by atoms with Crippen LogP contribution in [0.2, 0.25) is 0 Å². The quantitative estimate of drug-likeness (QED) is 0.606. The highest BCUT2D eigenvalue weighted by atomic mass is 32.1. The molecule has 8 heteroatoms. The summed E-state index contributed by atoms with van der Waals surface area (Å²) in [6.07, 6.45) is 0.0677. The molecule has 0 fully saturated rings. The lowest BCUT2D eigenvalue weighted by molar-refractivity contribution is -0.141. The summed E-state index contributed by atoms with van der Waals surface area (Å²) in [4.78, 5) is 29.6. The van der Waals surface area contributed by atoms with Gasteiger partial charge >= 0.3 is 5.97 Å². The molecule has 1 N–H and O–H groups in total. The highest BCUT2D eigenvalue weighted by Gasteiger charge is 2.22. The molecule has 0 aliphatic heterocycles. The molecule has 6 nitrogen and oxygen atoms in total. The Morgan fingerprint density at radius 2 is 1.93 bits per heavy atom. The lowest BCUT2D eigenvalue weighted by Gasteiger charge is -2.15. The largest absolute Gasteiger partial charge is 0.497 e. The Labute approximate surface area is 164 Å². The number of nitrogens with zero attached hydrogens (tertiary/aromatic N) is 1. The summed E-state index contributed by atoms with van der Waals surface area (Å²) in [5.41, 5.74) is 1.22. The van der Waals surface area contributed by atoms with Crippen molar-refractivity contribution >= 4 is 34.6 Å². The van der Waals surface area contributed by atoms with E-state index in [0.717, 1.165) is 21.2 Å². The molecule has 0 aliphatic carbocycles. The van der Waals surface area contributed by atoms with Crippen molar-refractivity contribution in [2.24, 2.45) is 0 Å². The minimum absolute atomic E-state index is 0.0677. The van der Waals surface area contributed by atoms with Crippen LogP contribution < -0.4 is 10.1 Å². The van der Waals surface area contributed by atoms with Gasteiger partial charge in [0, 0.05) is 15.8 Å². The van der Waals surface area contributed by atoms with E-state index in [0.29, 0.717) is 5.69 Å². The minimum Gasteiger partial charge on any atom is -0.497 e. The van der Waals surface area contributed by atoms with Crippen LogP contribution in [0, 0.1) is 0 Å². The number of thiophene rings is 1. The minimum atomic E-state index is -0.448. The summed E-state index contributed by atoms with van der Waals surface area (Å²) in [6, 6.07) is 10.8. The first-order valence-electron chi connectivity index (χ1n) is 8.11. The molecular formula is C19H18N2O4S2. The zero-order valence-electron chi connectivity index (χ0n) is 14.8. The molecule has 3 rings (SSSR count). The van der Waals surface area contributed by atoms with E-state index in [-0.39, 0.29) is 18.3 Å². The van der Waals surface area contributed by atoms with Crippen LogP contribution >= 0.6 is 22.7 Å². The second-order valence-electron chi connectivity index (χ2n) is 5.59. The van der Waals surface area contributed by atoms with Gasteiger partial charge in [0.25, 0.3) is 5.91 Å². The van der Waals surface area contributed by atoms with Crippen molar-refractivity contribution < 1.29 is 19.1 Å². The number of carbonyl (C=O) groups is 2. The van der Waals surface area contributed by atoms with E-state index in [1.54, 1.807) is 12.5 Å². The Morgan fingerprint density at radius 1 is 1.15 bits per heavy atom. The third-order valence-corrected chi connectivity index (χ3v) is 5.74. The third-order valence-electron chi connectivity index (χ3n) is 3.86. The topological polar surface area (TPSA) is 77.5 Å². The maximum atomic E-state index is 12.6. The second kappa shape index (κ2) is 8.79. The van der Waals surface area contributed by atoms with Crippen molar-refractivity contribution in [2.75, 3.05) is 14.2 Å². The molecule has 0 radical (unpaired) electrons. The molecule has 1 atom stereocenters. The first-order valence-corrected chi connectivity index (χ1v) is 9.87. The Hall–Kier alpha value is -2.71. The maximum Gasteiger partial charge on any atom is 0.307 e. The molecule has 2 heterocycles. The summed E-state index contributed by atoms with van der Waals surface area (Å²) in [7, 11) is 2.94. The van der Waals surface area contributed by atoms with Gasteiger partial charge in [0.05, 0.1) is 26.7 Å². The molecule has 0 aliphatic rings. The monoisotopic (exact) mass is 402 g/mol. The van der Waals surface area contributed by atoms with Crippen molar-refractivity contribution in [3.05, 3.63) is 57.7 Å². The first-order chi connectivity index (χ1) is 13.1. The van der Waals surface area contributed by atoms with Crippen LogP contribution in [-0.4, -0.2) is 31.1 Å². The van der Waals surface area contributed by atoms with Gasteiger partial charge in [-0.3, -0.25) is 9.59 Å². The van der Waals surface area contributed by atoms with E-state index in [9.17, 15) is 9.59 Å². The predicted molar refractivity (Wildman–Crippen MR) is 105 cm³/mol. The fraction of sp³-hybridized carbons (Fsp3) is 0.211. The normalized spacial score (nSPS) is 11.6. The van der Waals surface area contributed by atoms with Gasteiger partial charge in [0.1, 0.15) is 16.5 Å². The summed E-state index contributed by atoms with van der Waals surface area (Å²) < 4.78 is 9.89. The van der Waals surface area contributed by atoms with Gasteiger partial charge in [-0.2, -0.15) is 0 Å². The number of ether oxygens (including phenoxy) is 2. The van der Waals surface area contributed by atoms with Crippen LogP contribution in [0.15, 0.2) is 47.2 Å². The molecule has 0 saturated carbocycles. The summed E-state index contributed by atoms with van der Waals surface area (Å²) in [5.74, 6) is 0.0501. The van der Waals surface area contributed by atoms with E-state index in [4.69, 9.17) is 9.47 Å². The average Bonchev–Trinajstić information content (AvgIpc) is 3.39. The van der Waals surface area contributed by atoms with E-state index in [2.05, 4.69) is 10.3 Å². The highest BCUT2D eigenvalue weighted by Crippen LogP contribution is 2.27. The highest BCUT2D eigenvalue weighted by molar-refractivity contribution is 7.13. The number of methoxy groups -OCH3 is 2. The molecule has 0 spiro atoms. The van der Waals surface area contributed by atoms with E-state index in [1.807, 2.05) is 41.8 Å². The maximum absolute atomic E-state index is 12.6. The van der Waals surface area contributed by atoms with Crippen LogP contribution in [0.5, 0.6) is 5.75 Å². The molecule has 2 aromatic heterocycles. The summed E-state index contributed by atoms with van der Waals surface area (Å²) in [6.45, 7) is 0. The summed E-state index contributed by atoms with van der Waals surface area (Å²) in [5, 5.41) is 7.22. The molecule has 1 amide bonds. The van der Waals surface area contributed by atoms with Crippen molar-refractivity contribution in [3.8, 4) is 16.3 Å². The number of nitrogens with one attached hydrogen (secondary N) is 1. The number of carbonyl (C=O) groups excluding carboxylic acids is 2. The number of amides is 1. The van der Waals surface area contributed by atoms with Crippen LogP contribution in [0.4, 0.5) is 0 Å². The number of thiazole rings is 1. The summed E-state index contributed by atoms with van der Waals surface area (Å²) >= 11 is 2.86. The number of hydrogen-bond donors (Lipinski definition) is 1. The first kappa shape index (κ1) is 19.1. The average molecular weight is 402 g/mol. The number of esters is 1. The van der Waals surface area contributed by atoms with Gasteiger partial charge in [-0.05, 0) is 35.7 Å². The van der Waals surface area contributed by atoms with E-state index >= 15 is 0 Å². The smallest absolute Gasteiger partial charge is 0.307 e. The van der Waals surface area contributed by atoms with Gasteiger partial charge in [-0.25, -0.2) is 4.98 Å². The Balaban J connectivity index is 1.74. The van der Waals surface area contributed by atoms with Gasteiger partial charge in [0.2, 0.25) is 0 Å². The van der Waals surface area contributed by atoms with Crippen LogP contribution in [-0.2, 0) is 9.53 Å². The second-order valence-corrected chi connectivity index (χ2v) is 7.43. The molecule has 0 saturated heterocycles. The van der Waals surface area contributed by atoms with Crippen molar-refractivity contribution in [2.45, 2.75) is 12.5 Å². The van der Waals surface area contributed by atoms with Gasteiger partial charge in [0.15, 0.2) is 0 Å². The molecule has 140 valence electrons.